The van der Waals surface area contributed by atoms with Crippen molar-refractivity contribution in [3.63, 3.8) is 0 Å². The highest BCUT2D eigenvalue weighted by Gasteiger charge is 2.48. The molecule has 3 amide bonds. The number of carbonyl (C=O) groups is 4. The molecule has 4 saturated carbocycles. The van der Waals surface area contributed by atoms with Crippen LogP contribution in [0, 0.1) is 23.7 Å². The van der Waals surface area contributed by atoms with Crippen LogP contribution in [0.4, 0.5) is 5.69 Å². The van der Waals surface area contributed by atoms with Gasteiger partial charge in [-0.3, -0.25) is 19.2 Å². The number of ether oxygens (including phenoxy) is 1. The zero-order valence-corrected chi connectivity index (χ0v) is 26.3. The molecule has 4 aliphatic rings. The van der Waals surface area contributed by atoms with Crippen LogP contribution in [-0.2, 0) is 25.7 Å². The number of furan rings is 1. The number of halogens is 1. The molecule has 46 heavy (non-hydrogen) atoms. The van der Waals surface area contributed by atoms with Crippen LogP contribution in [0.1, 0.15) is 55.5 Å². The number of nitrogens with one attached hydrogen (secondary N) is 3. The van der Waals surface area contributed by atoms with Gasteiger partial charge in [-0.15, -0.1) is 0 Å². The van der Waals surface area contributed by atoms with Gasteiger partial charge in [0.25, 0.3) is 11.5 Å². The van der Waals surface area contributed by atoms with E-state index in [1.54, 1.807) is 30.3 Å². The first-order chi connectivity index (χ1) is 22.2. The average Bonchev–Trinajstić information content (AvgIpc) is 3.38. The van der Waals surface area contributed by atoms with Crippen LogP contribution in [0.15, 0.2) is 64.0 Å². The number of aromatic nitrogens is 1. The lowest BCUT2D eigenvalue weighted by Gasteiger charge is -2.54. The number of methoxy groups -OCH3 is 1. The lowest BCUT2D eigenvalue weighted by atomic mass is 9.54. The van der Waals surface area contributed by atoms with Crippen molar-refractivity contribution in [1.82, 2.24) is 15.2 Å². The Bertz CT molecular complexity index is 1720. The van der Waals surface area contributed by atoms with E-state index in [4.69, 9.17) is 16.0 Å². The summed E-state index contributed by atoms with van der Waals surface area (Å²) in [5.74, 6) is 0.254. The molecule has 0 saturated heterocycles. The van der Waals surface area contributed by atoms with Crippen LogP contribution in [-0.4, -0.2) is 47.5 Å². The van der Waals surface area contributed by atoms with Gasteiger partial charge in [-0.25, -0.2) is 4.79 Å². The number of anilines is 1. The molecule has 242 valence electrons. The van der Waals surface area contributed by atoms with E-state index in [1.807, 2.05) is 0 Å². The molecule has 7 rings (SSSR count). The molecule has 0 aliphatic heterocycles. The second kappa shape index (κ2) is 13.5. The Hall–Kier alpha value is -4.38. The summed E-state index contributed by atoms with van der Waals surface area (Å²) in [5, 5.41) is 9.12. The molecule has 0 unspecified atom stereocenters. The third-order valence-electron chi connectivity index (χ3n) is 9.59. The van der Waals surface area contributed by atoms with Gasteiger partial charge in [0.2, 0.25) is 17.6 Å². The Morgan fingerprint density at radius 2 is 1.76 bits per heavy atom. The fraction of sp³-hybridized carbons (Fsp3) is 0.441. The predicted octanol–water partition coefficient (Wildman–Crippen LogP) is 4.44. The van der Waals surface area contributed by atoms with Crippen molar-refractivity contribution in [2.45, 2.75) is 63.6 Å². The molecule has 2 aromatic heterocycles. The number of amides is 3. The standard InChI is InChI=1S/C34H37ClN4O7/c1-45-28(41)11-5-3-8-24(36-33(43)31-29(35)23-7-2-4-10-26(23)46-31)32(42)37-25-9-6-12-39(34(25)44)18-27(40)38-30-21-14-19-13-20(16-21)17-22(30)15-19/h2,4-7,9-12,19-22,24,30H,3,8,13-18H2,1H3,(H,36,43)(H,37,42)(H,38,40)/b11-5+/t19?,20?,21?,22?,24-,30?/m0/s1. The molecule has 12 heteroatoms. The van der Waals surface area contributed by atoms with E-state index in [0.29, 0.717) is 22.8 Å². The summed E-state index contributed by atoms with van der Waals surface area (Å²) >= 11 is 6.40. The average molecular weight is 649 g/mol. The van der Waals surface area contributed by atoms with Gasteiger partial charge in [-0.1, -0.05) is 29.8 Å². The fourth-order valence-corrected chi connectivity index (χ4v) is 7.97. The maximum absolute atomic E-state index is 13.5. The molecule has 4 bridgehead atoms. The number of esters is 1. The molecule has 3 N–H and O–H groups in total. The number of nitrogens with zero attached hydrogens (tertiary/aromatic N) is 1. The van der Waals surface area contributed by atoms with Gasteiger partial charge in [-0.05, 0) is 92.9 Å². The molecule has 2 heterocycles. The molecule has 4 fully saturated rings. The number of rotatable bonds is 11. The molecule has 0 radical (unpaired) electrons. The number of pyridine rings is 1. The zero-order chi connectivity index (χ0) is 32.4. The highest BCUT2D eigenvalue weighted by Crippen LogP contribution is 2.53. The quantitative estimate of drug-likeness (QED) is 0.206. The topological polar surface area (TPSA) is 149 Å². The molecule has 1 aromatic carbocycles. The summed E-state index contributed by atoms with van der Waals surface area (Å²) in [4.78, 5) is 64.6. The first kappa shape index (κ1) is 31.6. The highest BCUT2D eigenvalue weighted by molar-refractivity contribution is 6.38. The second-order valence-electron chi connectivity index (χ2n) is 12.6. The van der Waals surface area contributed by atoms with Crippen LogP contribution in [0.25, 0.3) is 11.0 Å². The smallest absolute Gasteiger partial charge is 0.330 e. The monoisotopic (exact) mass is 648 g/mol. The van der Waals surface area contributed by atoms with Crippen molar-refractivity contribution in [3.05, 3.63) is 75.9 Å². The third kappa shape index (κ3) is 6.74. The van der Waals surface area contributed by atoms with Gasteiger partial charge >= 0.3 is 5.97 Å². The Morgan fingerprint density at radius 1 is 1.04 bits per heavy atom. The van der Waals surface area contributed by atoms with Gasteiger partial charge in [0.05, 0.1) is 12.1 Å². The van der Waals surface area contributed by atoms with Crippen molar-refractivity contribution in [2.75, 3.05) is 12.4 Å². The van der Waals surface area contributed by atoms with E-state index >= 15 is 0 Å². The lowest BCUT2D eigenvalue weighted by Crippen LogP contribution is -2.56. The largest absolute Gasteiger partial charge is 0.466 e. The van der Waals surface area contributed by atoms with Gasteiger partial charge in [0, 0.05) is 23.7 Å². The van der Waals surface area contributed by atoms with Crippen molar-refractivity contribution in [1.29, 1.82) is 0 Å². The highest BCUT2D eigenvalue weighted by atomic mass is 35.5. The van der Waals surface area contributed by atoms with E-state index in [1.165, 1.54) is 42.5 Å². The fourth-order valence-electron chi connectivity index (χ4n) is 7.69. The van der Waals surface area contributed by atoms with Gasteiger partial charge in [-0.2, -0.15) is 0 Å². The van der Waals surface area contributed by atoms with Crippen molar-refractivity contribution >= 4 is 51.9 Å². The van der Waals surface area contributed by atoms with Crippen molar-refractivity contribution in [3.8, 4) is 0 Å². The maximum Gasteiger partial charge on any atom is 0.330 e. The molecule has 0 spiro atoms. The van der Waals surface area contributed by atoms with Gasteiger partial charge in [0.1, 0.15) is 23.9 Å². The summed E-state index contributed by atoms with van der Waals surface area (Å²) in [6.45, 7) is -0.172. The van der Waals surface area contributed by atoms with Crippen molar-refractivity contribution < 1.29 is 28.3 Å². The second-order valence-corrected chi connectivity index (χ2v) is 13.0. The molecule has 11 nitrogen and oxygen atoms in total. The number of para-hydroxylation sites is 1. The Balaban J connectivity index is 1.13. The zero-order valence-electron chi connectivity index (χ0n) is 25.5. The summed E-state index contributed by atoms with van der Waals surface area (Å²) in [7, 11) is 1.25. The van der Waals surface area contributed by atoms with E-state index in [9.17, 15) is 24.0 Å². The molecule has 4 aliphatic carbocycles. The number of carbonyl (C=O) groups excluding carboxylic acids is 4. The van der Waals surface area contributed by atoms with Crippen LogP contribution in [0.3, 0.4) is 0 Å². The van der Waals surface area contributed by atoms with E-state index in [0.717, 1.165) is 37.5 Å². The number of allylic oxidation sites excluding steroid dienone is 1. The van der Waals surface area contributed by atoms with Gasteiger partial charge < -0.3 is 29.7 Å². The van der Waals surface area contributed by atoms with Gasteiger partial charge in [0.15, 0.2) is 0 Å². The van der Waals surface area contributed by atoms with Crippen LogP contribution in [0.5, 0.6) is 0 Å². The number of hydrogen-bond donors (Lipinski definition) is 3. The minimum absolute atomic E-state index is 0.0407. The maximum atomic E-state index is 13.5. The van der Waals surface area contributed by atoms with E-state index < -0.39 is 29.4 Å². The summed E-state index contributed by atoms with van der Waals surface area (Å²) in [6, 6.07) is 8.92. The first-order valence-electron chi connectivity index (χ1n) is 15.7. The van der Waals surface area contributed by atoms with E-state index in [-0.39, 0.29) is 47.8 Å². The van der Waals surface area contributed by atoms with E-state index in [2.05, 4.69) is 20.7 Å². The molecular formula is C34H37ClN4O7. The SMILES string of the molecule is COC(=O)/C=C/CC[C@H](NC(=O)c1oc2ccccc2c1Cl)C(=O)Nc1cccn(CC(=O)NC2C3CC4CC(C3)CC2C4)c1=O. The number of hydrogen-bond acceptors (Lipinski definition) is 7. The van der Waals surface area contributed by atoms with Crippen LogP contribution >= 0.6 is 11.6 Å². The van der Waals surface area contributed by atoms with Crippen LogP contribution in [0.2, 0.25) is 5.02 Å². The number of benzene rings is 1. The molecule has 1 atom stereocenters. The van der Waals surface area contributed by atoms with Crippen molar-refractivity contribution in [2.24, 2.45) is 23.7 Å². The lowest BCUT2D eigenvalue weighted by molar-refractivity contribution is -0.134. The Morgan fingerprint density at radius 3 is 2.46 bits per heavy atom. The number of fused-ring (bicyclic) bond motifs is 1. The Kier molecular flexibility index (Phi) is 9.30. The summed E-state index contributed by atoms with van der Waals surface area (Å²) in [6.07, 6.45) is 10.5. The summed E-state index contributed by atoms with van der Waals surface area (Å²) in [5.41, 5.74) is -0.176. The molecule has 3 aromatic rings. The van der Waals surface area contributed by atoms with Crippen LogP contribution < -0.4 is 21.5 Å². The summed E-state index contributed by atoms with van der Waals surface area (Å²) < 4.78 is 11.5. The third-order valence-corrected chi connectivity index (χ3v) is 9.96. The molecular weight excluding hydrogens is 612 g/mol. The Labute approximate surface area is 270 Å². The first-order valence-corrected chi connectivity index (χ1v) is 16.1. The minimum Gasteiger partial charge on any atom is -0.466 e. The normalized spacial score (nSPS) is 23.7. The predicted molar refractivity (Wildman–Crippen MR) is 171 cm³/mol. The minimum atomic E-state index is -1.13.